The minimum Gasteiger partial charge on any atom is -0.598 e. The molecular formula is C24H31N3O6S. The fraction of sp³-hybridized carbons (Fsp3) is 0.583. The predicted octanol–water partition coefficient (Wildman–Crippen LogP) is 1.71. The van der Waals surface area contributed by atoms with Gasteiger partial charge in [-0.3, -0.25) is 24.6 Å². The number of ketones is 1. The van der Waals surface area contributed by atoms with E-state index in [1.165, 1.54) is 0 Å². The molecule has 3 aliphatic rings. The van der Waals surface area contributed by atoms with E-state index in [9.17, 15) is 23.7 Å². The van der Waals surface area contributed by atoms with Crippen molar-refractivity contribution >= 4 is 35.0 Å². The van der Waals surface area contributed by atoms with Crippen molar-refractivity contribution in [3.05, 3.63) is 35.4 Å². The molecule has 2 heterocycles. The molecule has 0 aromatic heterocycles. The number of aryl methyl sites for hydroxylation is 1. The van der Waals surface area contributed by atoms with Gasteiger partial charge in [-0.25, -0.2) is 4.79 Å². The van der Waals surface area contributed by atoms with E-state index < -0.39 is 57.2 Å². The molecule has 0 bridgehead atoms. The van der Waals surface area contributed by atoms with Gasteiger partial charge in [0.15, 0.2) is 11.7 Å². The van der Waals surface area contributed by atoms with Crippen LogP contribution in [0.2, 0.25) is 0 Å². The summed E-state index contributed by atoms with van der Waals surface area (Å²) < 4.78 is 21.0. The number of amides is 4. The second-order valence-electron chi connectivity index (χ2n) is 10.1. The molecule has 4 amide bonds. The molecule has 3 atom stereocenters. The van der Waals surface area contributed by atoms with E-state index in [2.05, 4.69) is 10.0 Å². The van der Waals surface area contributed by atoms with E-state index >= 15 is 0 Å². The number of rotatable bonds is 6. The van der Waals surface area contributed by atoms with Crippen LogP contribution in [-0.2, 0) is 42.4 Å². The van der Waals surface area contributed by atoms with Crippen molar-refractivity contribution in [1.82, 2.24) is 14.9 Å². The Hall–Kier alpha value is -2.27. The average molecular weight is 490 g/mol. The number of barbiturate groups is 1. The number of hydrogen-bond donors (Lipinski definition) is 2. The summed E-state index contributed by atoms with van der Waals surface area (Å²) in [5.74, 6) is -3.90. The lowest BCUT2D eigenvalue weighted by Crippen LogP contribution is -2.63. The van der Waals surface area contributed by atoms with E-state index in [-0.39, 0.29) is 6.42 Å². The van der Waals surface area contributed by atoms with Crippen molar-refractivity contribution in [3.63, 3.8) is 0 Å². The van der Waals surface area contributed by atoms with Gasteiger partial charge in [0.2, 0.25) is 5.91 Å². The summed E-state index contributed by atoms with van der Waals surface area (Å²) in [6, 6.07) is 6.41. The number of imide groups is 2. The summed E-state index contributed by atoms with van der Waals surface area (Å²) in [4.78, 5) is 53.0. The summed E-state index contributed by atoms with van der Waals surface area (Å²) in [5.41, 5.74) is 0.909. The topological polar surface area (TPSA) is 128 Å². The minimum absolute atomic E-state index is 0.189. The van der Waals surface area contributed by atoms with E-state index in [1.54, 1.807) is 0 Å². The zero-order valence-corrected chi connectivity index (χ0v) is 20.5. The van der Waals surface area contributed by atoms with E-state index in [0.29, 0.717) is 38.9 Å². The molecule has 4 rings (SSSR count). The van der Waals surface area contributed by atoms with Crippen molar-refractivity contribution in [3.8, 4) is 0 Å². The number of hydrogen-bond acceptors (Lipinski definition) is 7. The summed E-state index contributed by atoms with van der Waals surface area (Å²) >= 11 is -1.50. The highest BCUT2D eigenvalue weighted by Crippen LogP contribution is 2.42. The summed E-state index contributed by atoms with van der Waals surface area (Å²) in [6.07, 6.45) is 1.90. The fourth-order valence-corrected chi connectivity index (χ4v) is 5.85. The maximum atomic E-state index is 13.6. The van der Waals surface area contributed by atoms with Crippen LogP contribution in [0.15, 0.2) is 24.3 Å². The van der Waals surface area contributed by atoms with Gasteiger partial charge in [-0.2, -0.15) is 0 Å². The minimum atomic E-state index is -1.62. The Kier molecular flexibility index (Phi) is 6.87. The van der Waals surface area contributed by atoms with Crippen LogP contribution in [0, 0.1) is 5.92 Å². The molecule has 1 aromatic rings. The number of Topliss-reactive ketones (excluding diaryl/α,β-unsaturated/α-hetero) is 1. The molecule has 0 saturated carbocycles. The molecule has 1 aromatic carbocycles. The molecule has 0 radical (unpaired) electrons. The van der Waals surface area contributed by atoms with Crippen LogP contribution in [0.1, 0.15) is 57.6 Å². The highest BCUT2D eigenvalue weighted by molar-refractivity contribution is 7.90. The number of carbonyl (C=O) groups is 4. The van der Waals surface area contributed by atoms with Gasteiger partial charge in [0.05, 0.1) is 5.54 Å². The second-order valence-corrected chi connectivity index (χ2v) is 12.1. The van der Waals surface area contributed by atoms with E-state index in [1.807, 2.05) is 45.0 Å². The smallest absolute Gasteiger partial charge is 0.331 e. The number of benzene rings is 1. The standard InChI is InChI=1S/C24H31N3O6S/c1-23(2,3)34(32)26-24(11-8-15-6-4-5-7-17(15)24)14-18(28)19-20(29)25-22(31)27(21(19)30)16-9-12-33-13-10-16/h4-7,16,19,26H,8-14H2,1-3H3,(H,25,29,31)/t19-,24+,34?/m1/s1. The first-order valence-corrected chi connectivity index (χ1v) is 12.7. The lowest BCUT2D eigenvalue weighted by molar-refractivity contribution is -0.150. The molecule has 2 aliphatic heterocycles. The molecule has 2 saturated heterocycles. The predicted molar refractivity (Wildman–Crippen MR) is 125 cm³/mol. The van der Waals surface area contributed by atoms with Gasteiger partial charge in [-0.1, -0.05) is 24.3 Å². The second kappa shape index (κ2) is 9.41. The van der Waals surface area contributed by atoms with E-state index in [0.717, 1.165) is 16.0 Å². The normalized spacial score (nSPS) is 26.9. The third-order valence-electron chi connectivity index (χ3n) is 6.75. The van der Waals surface area contributed by atoms with Gasteiger partial charge < -0.3 is 9.29 Å². The highest BCUT2D eigenvalue weighted by atomic mass is 32.2. The first-order chi connectivity index (χ1) is 16.0. The third-order valence-corrected chi connectivity index (χ3v) is 8.44. The molecule has 10 heteroatoms. The Balaban J connectivity index is 1.63. The molecule has 0 spiro atoms. The largest absolute Gasteiger partial charge is 0.598 e. The van der Waals surface area contributed by atoms with Gasteiger partial charge in [-0.05, 0) is 57.6 Å². The van der Waals surface area contributed by atoms with Crippen molar-refractivity contribution in [2.75, 3.05) is 13.2 Å². The van der Waals surface area contributed by atoms with Crippen LogP contribution in [0.25, 0.3) is 0 Å². The molecule has 2 fully saturated rings. The lowest BCUT2D eigenvalue weighted by Gasteiger charge is -2.38. The van der Waals surface area contributed by atoms with Gasteiger partial charge in [0.25, 0.3) is 5.91 Å². The van der Waals surface area contributed by atoms with Crippen molar-refractivity contribution in [2.24, 2.45) is 5.92 Å². The Morgan fingerprint density at radius 3 is 2.59 bits per heavy atom. The van der Waals surface area contributed by atoms with Crippen molar-refractivity contribution < 1.29 is 28.5 Å². The molecule has 1 unspecified atom stereocenters. The van der Waals surface area contributed by atoms with Crippen molar-refractivity contribution in [1.29, 1.82) is 0 Å². The van der Waals surface area contributed by atoms with Gasteiger partial charge in [0.1, 0.15) is 4.75 Å². The van der Waals surface area contributed by atoms with Crippen molar-refractivity contribution in [2.45, 2.75) is 69.2 Å². The monoisotopic (exact) mass is 489 g/mol. The van der Waals surface area contributed by atoms with Gasteiger partial charge in [-0.15, -0.1) is 4.72 Å². The molecule has 184 valence electrons. The maximum Gasteiger partial charge on any atom is 0.331 e. The highest BCUT2D eigenvalue weighted by Gasteiger charge is 2.52. The Labute approximate surface area is 202 Å². The lowest BCUT2D eigenvalue weighted by atomic mass is 9.83. The molecule has 2 N–H and O–H groups in total. The zero-order valence-electron chi connectivity index (χ0n) is 19.7. The number of nitrogens with zero attached hydrogens (tertiary/aromatic N) is 1. The quantitative estimate of drug-likeness (QED) is 0.460. The maximum absolute atomic E-state index is 13.6. The number of nitrogens with one attached hydrogen (secondary N) is 2. The van der Waals surface area contributed by atoms with Crippen LogP contribution in [0.4, 0.5) is 4.79 Å². The number of carbonyl (C=O) groups excluding carboxylic acids is 4. The SMILES string of the molecule is CC(C)(C)[S+]([O-])N[C@]1(CC(=O)[C@@H]2C(=O)NC(=O)N(C3CCOCC3)C2=O)CCc2ccccc21. The Bertz CT molecular complexity index is 1000. The Morgan fingerprint density at radius 1 is 1.24 bits per heavy atom. The first-order valence-electron chi connectivity index (χ1n) is 11.6. The average Bonchev–Trinajstić information content (AvgIpc) is 3.11. The molecule has 9 nitrogen and oxygen atoms in total. The third kappa shape index (κ3) is 4.64. The van der Waals surface area contributed by atoms with Gasteiger partial charge in [0, 0.05) is 37.0 Å². The number of fused-ring (bicyclic) bond motifs is 1. The fourth-order valence-electron chi connectivity index (χ4n) is 4.91. The summed E-state index contributed by atoms with van der Waals surface area (Å²) in [5, 5.41) is 2.19. The molecular weight excluding hydrogens is 458 g/mol. The Morgan fingerprint density at radius 2 is 1.91 bits per heavy atom. The summed E-state index contributed by atoms with van der Waals surface area (Å²) in [6.45, 7) is 6.30. The van der Waals surface area contributed by atoms with E-state index in [4.69, 9.17) is 4.74 Å². The molecule has 34 heavy (non-hydrogen) atoms. The van der Waals surface area contributed by atoms with Crippen LogP contribution < -0.4 is 10.0 Å². The van der Waals surface area contributed by atoms with Crippen LogP contribution in [-0.4, -0.2) is 57.1 Å². The zero-order chi connectivity index (χ0) is 24.7. The van der Waals surface area contributed by atoms with Gasteiger partial charge >= 0.3 is 6.03 Å². The van der Waals surface area contributed by atoms with Crippen LogP contribution in [0.3, 0.4) is 0 Å². The number of urea groups is 1. The summed E-state index contributed by atoms with van der Waals surface area (Å²) in [7, 11) is 0. The van der Waals surface area contributed by atoms with Crippen LogP contribution in [0.5, 0.6) is 0 Å². The first kappa shape index (κ1) is 24.8. The number of ether oxygens (including phenoxy) is 1. The molecule has 1 aliphatic carbocycles. The van der Waals surface area contributed by atoms with Crippen LogP contribution >= 0.6 is 0 Å².